The van der Waals surface area contributed by atoms with Gasteiger partial charge in [0.05, 0.1) is 6.61 Å². The number of nitrogens with zero attached hydrogens (tertiary/aromatic N) is 2. The third-order valence-electron chi connectivity index (χ3n) is 2.65. The fourth-order valence-corrected chi connectivity index (χ4v) is 1.80. The minimum Gasteiger partial charge on any atom is -0.480 e. The van der Waals surface area contributed by atoms with Crippen molar-refractivity contribution in [3.8, 4) is 11.4 Å². The molecule has 0 aliphatic heterocycles. The number of aliphatic carboxylic acids is 1. The van der Waals surface area contributed by atoms with Crippen LogP contribution in [-0.4, -0.2) is 34.3 Å². The molecule has 1 aromatic carbocycles. The van der Waals surface area contributed by atoms with Crippen LogP contribution in [0.5, 0.6) is 0 Å². The lowest BCUT2D eigenvalue weighted by Crippen LogP contribution is -2.23. The summed E-state index contributed by atoms with van der Waals surface area (Å²) in [7, 11) is 1.48. The number of hydrogen-bond acceptors (Lipinski definition) is 3. The second kappa shape index (κ2) is 5.46. The Balaban J connectivity index is 2.41. The summed E-state index contributed by atoms with van der Waals surface area (Å²) < 4.78 is 6.56. The van der Waals surface area contributed by atoms with E-state index in [-0.39, 0.29) is 6.61 Å². The van der Waals surface area contributed by atoms with Crippen molar-refractivity contribution in [2.75, 3.05) is 13.7 Å². The van der Waals surface area contributed by atoms with Crippen LogP contribution in [0, 0.1) is 0 Å². The fraction of sp³-hybridized carbons (Fsp3) is 0.231. The highest BCUT2D eigenvalue weighted by Gasteiger charge is 2.22. The Morgan fingerprint density at radius 3 is 2.78 bits per heavy atom. The molecular formula is C13H14N2O3. The average molecular weight is 246 g/mol. The summed E-state index contributed by atoms with van der Waals surface area (Å²) in [4.78, 5) is 15.5. The summed E-state index contributed by atoms with van der Waals surface area (Å²) in [5.41, 5.74) is 0.879. The van der Waals surface area contributed by atoms with E-state index in [2.05, 4.69) is 4.98 Å². The second-order valence-electron chi connectivity index (χ2n) is 3.83. The van der Waals surface area contributed by atoms with Gasteiger partial charge in [0.2, 0.25) is 0 Å². The fourth-order valence-electron chi connectivity index (χ4n) is 1.80. The van der Waals surface area contributed by atoms with Gasteiger partial charge in [0.25, 0.3) is 0 Å². The van der Waals surface area contributed by atoms with E-state index in [4.69, 9.17) is 4.74 Å². The van der Waals surface area contributed by atoms with Crippen LogP contribution in [0.3, 0.4) is 0 Å². The highest BCUT2D eigenvalue weighted by molar-refractivity contribution is 5.73. The van der Waals surface area contributed by atoms with Gasteiger partial charge in [0.1, 0.15) is 5.82 Å². The maximum atomic E-state index is 11.2. The molecule has 0 spiro atoms. The van der Waals surface area contributed by atoms with Crippen molar-refractivity contribution >= 4 is 5.97 Å². The Kier molecular flexibility index (Phi) is 3.74. The predicted molar refractivity (Wildman–Crippen MR) is 66.2 cm³/mol. The molecule has 0 saturated carbocycles. The van der Waals surface area contributed by atoms with Crippen molar-refractivity contribution in [3.63, 3.8) is 0 Å². The Bertz CT molecular complexity index is 522. The number of aromatic nitrogens is 2. The number of methoxy groups -OCH3 is 1. The van der Waals surface area contributed by atoms with E-state index in [0.717, 1.165) is 5.56 Å². The van der Waals surface area contributed by atoms with Crippen LogP contribution < -0.4 is 0 Å². The van der Waals surface area contributed by atoms with Gasteiger partial charge in [-0.1, -0.05) is 30.3 Å². The smallest absolute Gasteiger partial charge is 0.329 e. The molecule has 2 aromatic rings. The number of carbonyl (C=O) groups is 1. The van der Waals surface area contributed by atoms with Crippen molar-refractivity contribution in [1.82, 2.24) is 9.55 Å². The SMILES string of the molecule is COCC(C(=O)O)n1ccnc1-c1ccccc1. The first-order valence-corrected chi connectivity index (χ1v) is 5.54. The zero-order chi connectivity index (χ0) is 13.0. The van der Waals surface area contributed by atoms with E-state index >= 15 is 0 Å². The van der Waals surface area contributed by atoms with Crippen LogP contribution in [0.1, 0.15) is 6.04 Å². The molecule has 2 rings (SSSR count). The van der Waals surface area contributed by atoms with Gasteiger partial charge < -0.3 is 14.4 Å². The number of carboxylic acids is 1. The van der Waals surface area contributed by atoms with Gasteiger partial charge in [-0.15, -0.1) is 0 Å². The first-order chi connectivity index (χ1) is 8.74. The molecule has 5 heteroatoms. The lowest BCUT2D eigenvalue weighted by atomic mass is 10.2. The first kappa shape index (κ1) is 12.3. The molecule has 1 aromatic heterocycles. The Labute approximate surface area is 105 Å². The zero-order valence-corrected chi connectivity index (χ0v) is 9.98. The minimum atomic E-state index is -0.938. The van der Waals surface area contributed by atoms with Crippen LogP contribution in [0.2, 0.25) is 0 Å². The number of hydrogen-bond donors (Lipinski definition) is 1. The summed E-state index contributed by atoms with van der Waals surface area (Å²) >= 11 is 0. The normalized spacial score (nSPS) is 12.3. The third-order valence-corrected chi connectivity index (χ3v) is 2.65. The molecule has 1 heterocycles. The van der Waals surface area contributed by atoms with E-state index in [9.17, 15) is 9.90 Å². The first-order valence-electron chi connectivity index (χ1n) is 5.54. The summed E-state index contributed by atoms with van der Waals surface area (Å²) in [6.07, 6.45) is 3.24. The molecule has 0 fully saturated rings. The minimum absolute atomic E-state index is 0.103. The summed E-state index contributed by atoms with van der Waals surface area (Å²) in [5, 5.41) is 9.22. The largest absolute Gasteiger partial charge is 0.480 e. The van der Waals surface area contributed by atoms with E-state index in [1.807, 2.05) is 30.3 Å². The van der Waals surface area contributed by atoms with E-state index in [1.165, 1.54) is 7.11 Å². The van der Waals surface area contributed by atoms with E-state index in [1.54, 1.807) is 17.0 Å². The molecule has 0 aliphatic carbocycles. The van der Waals surface area contributed by atoms with Crippen molar-refractivity contribution in [1.29, 1.82) is 0 Å². The molecule has 0 amide bonds. The molecule has 94 valence electrons. The van der Waals surface area contributed by atoms with Gasteiger partial charge in [-0.2, -0.15) is 0 Å². The molecule has 1 N–H and O–H groups in total. The maximum absolute atomic E-state index is 11.2. The predicted octanol–water partition coefficient (Wildman–Crippen LogP) is 1.82. The molecular weight excluding hydrogens is 232 g/mol. The topological polar surface area (TPSA) is 64.3 Å². The highest BCUT2D eigenvalue weighted by atomic mass is 16.5. The van der Waals surface area contributed by atoms with Gasteiger partial charge in [-0.05, 0) is 0 Å². The number of benzene rings is 1. The second-order valence-corrected chi connectivity index (χ2v) is 3.83. The van der Waals surface area contributed by atoms with Crippen LogP contribution in [0.15, 0.2) is 42.7 Å². The summed E-state index contributed by atoms with van der Waals surface area (Å²) in [5.74, 6) is -0.313. The summed E-state index contributed by atoms with van der Waals surface area (Å²) in [6, 6.07) is 8.70. The van der Waals surface area contributed by atoms with Crippen molar-refractivity contribution in [3.05, 3.63) is 42.7 Å². The van der Waals surface area contributed by atoms with Crippen molar-refractivity contribution in [2.45, 2.75) is 6.04 Å². The summed E-state index contributed by atoms with van der Waals surface area (Å²) in [6.45, 7) is 0.103. The highest BCUT2D eigenvalue weighted by Crippen LogP contribution is 2.21. The lowest BCUT2D eigenvalue weighted by Gasteiger charge is -2.15. The van der Waals surface area contributed by atoms with Crippen LogP contribution in [0.25, 0.3) is 11.4 Å². The molecule has 1 atom stereocenters. The van der Waals surface area contributed by atoms with E-state index < -0.39 is 12.0 Å². The quantitative estimate of drug-likeness (QED) is 0.874. The molecule has 5 nitrogen and oxygen atoms in total. The number of ether oxygens (including phenoxy) is 1. The van der Waals surface area contributed by atoms with Crippen LogP contribution in [0.4, 0.5) is 0 Å². The van der Waals surface area contributed by atoms with Crippen LogP contribution in [-0.2, 0) is 9.53 Å². The zero-order valence-electron chi connectivity index (χ0n) is 9.98. The molecule has 1 unspecified atom stereocenters. The maximum Gasteiger partial charge on any atom is 0.329 e. The third kappa shape index (κ3) is 2.41. The van der Waals surface area contributed by atoms with Crippen LogP contribution >= 0.6 is 0 Å². The van der Waals surface area contributed by atoms with Gasteiger partial charge >= 0.3 is 5.97 Å². The van der Waals surface area contributed by atoms with Crippen molar-refractivity contribution in [2.24, 2.45) is 0 Å². The molecule has 0 saturated heterocycles. The lowest BCUT2D eigenvalue weighted by molar-refractivity contribution is -0.142. The average Bonchev–Trinajstić information content (AvgIpc) is 2.85. The monoisotopic (exact) mass is 246 g/mol. The molecule has 0 aliphatic rings. The van der Waals surface area contributed by atoms with Gasteiger partial charge in [-0.3, -0.25) is 0 Å². The molecule has 18 heavy (non-hydrogen) atoms. The van der Waals surface area contributed by atoms with Gasteiger partial charge in [0.15, 0.2) is 6.04 Å². The van der Waals surface area contributed by atoms with Gasteiger partial charge in [0, 0.05) is 25.1 Å². The van der Waals surface area contributed by atoms with E-state index in [0.29, 0.717) is 5.82 Å². The molecule has 0 radical (unpaired) electrons. The molecule has 0 bridgehead atoms. The van der Waals surface area contributed by atoms with Crippen molar-refractivity contribution < 1.29 is 14.6 Å². The number of imidazole rings is 1. The number of carboxylic acid groups (broad SMARTS) is 1. The Hall–Kier alpha value is -2.14. The Morgan fingerprint density at radius 1 is 1.44 bits per heavy atom. The Morgan fingerprint density at radius 2 is 2.17 bits per heavy atom. The number of rotatable bonds is 5. The van der Waals surface area contributed by atoms with Gasteiger partial charge in [-0.25, -0.2) is 9.78 Å². The standard InChI is InChI=1S/C13H14N2O3/c1-18-9-11(13(16)17)15-8-7-14-12(15)10-5-3-2-4-6-10/h2-8,11H,9H2,1H3,(H,16,17).